The van der Waals surface area contributed by atoms with E-state index in [0.717, 1.165) is 27.9 Å². The zero-order valence-electron chi connectivity index (χ0n) is 10.9. The number of hydrogen-bond donors (Lipinski definition) is 1. The highest BCUT2D eigenvalue weighted by atomic mass is 127. The summed E-state index contributed by atoms with van der Waals surface area (Å²) < 4.78 is 3.14. The topological polar surface area (TPSA) is 68.0 Å². The molecule has 0 aliphatic heterocycles. The Morgan fingerprint density at radius 1 is 1.35 bits per heavy atom. The van der Waals surface area contributed by atoms with Crippen LogP contribution in [0.15, 0.2) is 29.4 Å². The molecule has 106 valence electrons. The van der Waals surface area contributed by atoms with Crippen LogP contribution >= 0.6 is 34.4 Å². The van der Waals surface area contributed by atoms with Gasteiger partial charge in [-0.2, -0.15) is 0 Å². The summed E-state index contributed by atoms with van der Waals surface area (Å²) in [4.78, 5) is 10.7. The van der Waals surface area contributed by atoms with Gasteiger partial charge in [-0.25, -0.2) is 0 Å². The molecule has 5 nitrogen and oxygen atoms in total. The van der Waals surface area contributed by atoms with E-state index in [-0.39, 0.29) is 5.75 Å². The average molecular weight is 403 g/mol. The summed E-state index contributed by atoms with van der Waals surface area (Å²) in [5.41, 5.74) is 0.994. The van der Waals surface area contributed by atoms with Crippen molar-refractivity contribution in [2.45, 2.75) is 25.0 Å². The Kier molecular flexibility index (Phi) is 5.41. The summed E-state index contributed by atoms with van der Waals surface area (Å²) in [6.07, 6.45) is 0.941. The Balaban J connectivity index is 2.32. The van der Waals surface area contributed by atoms with Crippen molar-refractivity contribution in [1.82, 2.24) is 14.8 Å². The lowest BCUT2D eigenvalue weighted by Gasteiger charge is -2.08. The molecule has 0 radical (unpaired) electrons. The van der Waals surface area contributed by atoms with Gasteiger partial charge in [0.15, 0.2) is 11.0 Å². The van der Waals surface area contributed by atoms with E-state index in [4.69, 9.17) is 5.11 Å². The molecule has 1 aromatic carbocycles. The molecule has 0 aliphatic carbocycles. The van der Waals surface area contributed by atoms with Gasteiger partial charge in [0.05, 0.1) is 5.75 Å². The lowest BCUT2D eigenvalue weighted by atomic mass is 10.2. The number of halogens is 1. The van der Waals surface area contributed by atoms with Gasteiger partial charge in [-0.1, -0.05) is 30.8 Å². The van der Waals surface area contributed by atoms with E-state index in [9.17, 15) is 4.79 Å². The first-order valence-corrected chi connectivity index (χ1v) is 8.22. The number of carboxylic acid groups (broad SMARTS) is 1. The van der Waals surface area contributed by atoms with Crippen LogP contribution in [0.25, 0.3) is 11.4 Å². The van der Waals surface area contributed by atoms with Crippen molar-refractivity contribution in [1.29, 1.82) is 0 Å². The molecule has 2 aromatic rings. The molecule has 1 aromatic heterocycles. The Labute approximate surface area is 134 Å². The Morgan fingerprint density at radius 3 is 2.65 bits per heavy atom. The first kappa shape index (κ1) is 15.3. The Morgan fingerprint density at radius 2 is 2.05 bits per heavy atom. The first-order valence-electron chi connectivity index (χ1n) is 6.15. The van der Waals surface area contributed by atoms with Crippen molar-refractivity contribution < 1.29 is 9.90 Å². The summed E-state index contributed by atoms with van der Waals surface area (Å²) in [7, 11) is 0. The van der Waals surface area contributed by atoms with Crippen LogP contribution in [-0.4, -0.2) is 31.6 Å². The summed E-state index contributed by atoms with van der Waals surface area (Å²) in [6.45, 7) is 2.85. The van der Waals surface area contributed by atoms with Crippen molar-refractivity contribution >= 4 is 40.3 Å². The summed E-state index contributed by atoms with van der Waals surface area (Å²) in [5.74, 6) is -0.0675. The molecule has 0 atom stereocenters. The maximum atomic E-state index is 10.7. The Hall–Kier alpha value is -1.09. The molecule has 0 saturated carbocycles. The van der Waals surface area contributed by atoms with Gasteiger partial charge in [-0.15, -0.1) is 10.2 Å². The second-order valence-corrected chi connectivity index (χ2v) is 6.34. The molecule has 1 N–H and O–H groups in total. The van der Waals surface area contributed by atoms with Gasteiger partial charge in [0, 0.05) is 15.7 Å². The molecule has 20 heavy (non-hydrogen) atoms. The van der Waals surface area contributed by atoms with E-state index in [1.165, 1.54) is 11.8 Å². The van der Waals surface area contributed by atoms with Crippen LogP contribution < -0.4 is 0 Å². The molecule has 7 heteroatoms. The minimum Gasteiger partial charge on any atom is -0.481 e. The average Bonchev–Trinajstić information content (AvgIpc) is 2.81. The Bertz CT molecular complexity index is 598. The molecule has 0 amide bonds. The second kappa shape index (κ2) is 7.07. The van der Waals surface area contributed by atoms with Gasteiger partial charge in [0.1, 0.15) is 0 Å². The summed E-state index contributed by atoms with van der Waals surface area (Å²) >= 11 is 3.46. The standard InChI is InChI=1S/C13H14IN3O2S/c1-2-7-17-12(9-3-5-10(14)6-4-9)15-16-13(17)20-8-11(18)19/h3-6H,2,7-8H2,1H3,(H,18,19). The van der Waals surface area contributed by atoms with E-state index >= 15 is 0 Å². The van der Waals surface area contributed by atoms with Crippen molar-refractivity contribution in [3.05, 3.63) is 27.8 Å². The highest BCUT2D eigenvalue weighted by molar-refractivity contribution is 14.1. The number of carboxylic acids is 1. The fraction of sp³-hybridized carbons (Fsp3) is 0.308. The van der Waals surface area contributed by atoms with Gasteiger partial charge < -0.3 is 9.67 Å². The summed E-state index contributed by atoms with van der Waals surface area (Å²) in [5, 5.41) is 17.8. The number of rotatable bonds is 6. The highest BCUT2D eigenvalue weighted by Gasteiger charge is 2.14. The van der Waals surface area contributed by atoms with E-state index in [2.05, 4.69) is 39.7 Å². The van der Waals surface area contributed by atoms with Crippen molar-refractivity contribution in [2.75, 3.05) is 5.75 Å². The monoisotopic (exact) mass is 403 g/mol. The van der Waals surface area contributed by atoms with E-state index in [0.29, 0.717) is 5.16 Å². The minimum atomic E-state index is -0.850. The van der Waals surface area contributed by atoms with Gasteiger partial charge in [0.25, 0.3) is 0 Å². The zero-order chi connectivity index (χ0) is 14.5. The lowest BCUT2D eigenvalue weighted by Crippen LogP contribution is -2.04. The maximum Gasteiger partial charge on any atom is 0.313 e. The van der Waals surface area contributed by atoms with Crippen molar-refractivity contribution in [3.63, 3.8) is 0 Å². The van der Waals surface area contributed by atoms with E-state index < -0.39 is 5.97 Å². The van der Waals surface area contributed by atoms with Crippen LogP contribution in [0.3, 0.4) is 0 Å². The zero-order valence-corrected chi connectivity index (χ0v) is 13.9. The van der Waals surface area contributed by atoms with Crippen LogP contribution in [0.5, 0.6) is 0 Å². The van der Waals surface area contributed by atoms with Gasteiger partial charge in [-0.3, -0.25) is 4.79 Å². The summed E-state index contributed by atoms with van der Waals surface area (Å²) in [6, 6.07) is 8.04. The smallest absolute Gasteiger partial charge is 0.313 e. The van der Waals surface area contributed by atoms with Crippen molar-refractivity contribution in [2.24, 2.45) is 0 Å². The third-order valence-electron chi connectivity index (χ3n) is 2.59. The number of hydrogen-bond acceptors (Lipinski definition) is 4. The van der Waals surface area contributed by atoms with Crippen LogP contribution in [0.4, 0.5) is 0 Å². The third kappa shape index (κ3) is 3.72. The van der Waals surface area contributed by atoms with Gasteiger partial charge >= 0.3 is 5.97 Å². The SMILES string of the molecule is CCCn1c(SCC(=O)O)nnc1-c1ccc(I)cc1. The van der Waals surface area contributed by atoms with Crippen molar-refractivity contribution in [3.8, 4) is 11.4 Å². The predicted molar refractivity (Wildman–Crippen MR) is 86.8 cm³/mol. The van der Waals surface area contributed by atoms with Gasteiger partial charge in [0.2, 0.25) is 0 Å². The van der Waals surface area contributed by atoms with E-state index in [1.807, 2.05) is 28.8 Å². The predicted octanol–water partition coefficient (Wildman–Crippen LogP) is 3.14. The number of thioether (sulfide) groups is 1. The molecule has 0 fully saturated rings. The number of aromatic nitrogens is 3. The molecule has 0 bridgehead atoms. The largest absolute Gasteiger partial charge is 0.481 e. The van der Waals surface area contributed by atoms with E-state index in [1.54, 1.807) is 0 Å². The number of carbonyl (C=O) groups is 1. The fourth-order valence-electron chi connectivity index (χ4n) is 1.76. The lowest BCUT2D eigenvalue weighted by molar-refractivity contribution is -0.133. The van der Waals surface area contributed by atoms with Crippen LogP contribution in [0, 0.1) is 3.57 Å². The molecule has 0 unspecified atom stereocenters. The highest BCUT2D eigenvalue weighted by Crippen LogP contribution is 2.24. The van der Waals surface area contributed by atoms with Crippen LogP contribution in [0.1, 0.15) is 13.3 Å². The fourth-order valence-corrected chi connectivity index (χ4v) is 2.80. The first-order chi connectivity index (χ1) is 9.61. The van der Waals surface area contributed by atoms with Crippen LogP contribution in [0.2, 0.25) is 0 Å². The number of benzene rings is 1. The molecule has 2 rings (SSSR count). The molecule has 0 saturated heterocycles. The molecular weight excluding hydrogens is 389 g/mol. The quantitative estimate of drug-likeness (QED) is 0.593. The van der Waals surface area contributed by atoms with Crippen LogP contribution in [-0.2, 0) is 11.3 Å². The molecular formula is C13H14IN3O2S. The van der Waals surface area contributed by atoms with Gasteiger partial charge in [-0.05, 0) is 41.1 Å². The normalized spacial score (nSPS) is 10.7. The second-order valence-electron chi connectivity index (χ2n) is 4.15. The number of aliphatic carboxylic acids is 1. The molecule has 0 spiro atoms. The molecule has 1 heterocycles. The third-order valence-corrected chi connectivity index (χ3v) is 4.26. The minimum absolute atomic E-state index is 0.00542. The maximum absolute atomic E-state index is 10.7. The molecule has 0 aliphatic rings. The number of nitrogens with zero attached hydrogens (tertiary/aromatic N) is 3.